The molecule has 0 aromatic carbocycles. The highest BCUT2D eigenvalue weighted by Gasteiger charge is 2.25. The van der Waals surface area contributed by atoms with Crippen LogP contribution in [0.2, 0.25) is 0 Å². The first-order valence-corrected chi connectivity index (χ1v) is 7.21. The molecule has 2 heteroatoms. The zero-order valence-electron chi connectivity index (χ0n) is 8.95. The minimum atomic E-state index is -0.00449. The molecule has 2 aliphatic rings. The van der Waals surface area contributed by atoms with Gasteiger partial charge in [-0.25, -0.2) is 0 Å². The van der Waals surface area contributed by atoms with Gasteiger partial charge in [0.05, 0.1) is 6.10 Å². The molecule has 2 rings (SSSR count). The SMILES string of the molecule is OC1CCCCC1SCC1CCCC1. The summed E-state index contributed by atoms with van der Waals surface area (Å²) >= 11 is 2.05. The van der Waals surface area contributed by atoms with Gasteiger partial charge in [0.25, 0.3) is 0 Å². The van der Waals surface area contributed by atoms with Crippen molar-refractivity contribution in [1.82, 2.24) is 0 Å². The van der Waals surface area contributed by atoms with Crippen LogP contribution in [0.3, 0.4) is 0 Å². The first-order valence-electron chi connectivity index (χ1n) is 6.16. The number of hydrogen-bond donors (Lipinski definition) is 1. The lowest BCUT2D eigenvalue weighted by Gasteiger charge is -2.27. The zero-order valence-corrected chi connectivity index (χ0v) is 9.77. The van der Waals surface area contributed by atoms with Crippen molar-refractivity contribution in [2.75, 3.05) is 5.75 Å². The van der Waals surface area contributed by atoms with E-state index >= 15 is 0 Å². The smallest absolute Gasteiger partial charge is 0.0658 e. The van der Waals surface area contributed by atoms with E-state index in [0.717, 1.165) is 12.3 Å². The molecule has 0 radical (unpaired) electrons. The van der Waals surface area contributed by atoms with Gasteiger partial charge in [0.15, 0.2) is 0 Å². The van der Waals surface area contributed by atoms with Crippen LogP contribution in [0.15, 0.2) is 0 Å². The second-order valence-corrected chi connectivity index (χ2v) is 6.15. The van der Waals surface area contributed by atoms with Gasteiger partial charge in [-0.05, 0) is 37.4 Å². The average Bonchev–Trinajstić information content (AvgIpc) is 2.69. The number of hydrogen-bond acceptors (Lipinski definition) is 2. The van der Waals surface area contributed by atoms with Gasteiger partial charge in [0.2, 0.25) is 0 Å². The molecule has 1 nitrogen and oxygen atoms in total. The summed E-state index contributed by atoms with van der Waals surface area (Å²) in [5, 5.41) is 10.4. The summed E-state index contributed by atoms with van der Waals surface area (Å²) in [6.07, 6.45) is 10.6. The fraction of sp³-hybridized carbons (Fsp3) is 1.00. The Morgan fingerprint density at radius 2 is 1.57 bits per heavy atom. The molecule has 2 atom stereocenters. The standard InChI is InChI=1S/C12H22OS/c13-11-7-3-4-8-12(11)14-9-10-5-1-2-6-10/h10-13H,1-9H2. The van der Waals surface area contributed by atoms with Crippen LogP contribution in [-0.2, 0) is 0 Å². The van der Waals surface area contributed by atoms with Gasteiger partial charge >= 0.3 is 0 Å². The molecule has 0 bridgehead atoms. The molecule has 14 heavy (non-hydrogen) atoms. The topological polar surface area (TPSA) is 20.2 Å². The van der Waals surface area contributed by atoms with Crippen LogP contribution in [0.1, 0.15) is 51.4 Å². The predicted molar refractivity (Wildman–Crippen MR) is 62.7 cm³/mol. The molecule has 2 unspecified atom stereocenters. The van der Waals surface area contributed by atoms with Crippen molar-refractivity contribution in [2.24, 2.45) is 5.92 Å². The molecule has 82 valence electrons. The highest BCUT2D eigenvalue weighted by Crippen LogP contribution is 2.34. The minimum Gasteiger partial charge on any atom is -0.392 e. The third-order valence-electron chi connectivity index (χ3n) is 3.69. The maximum atomic E-state index is 9.82. The first-order chi connectivity index (χ1) is 6.86. The van der Waals surface area contributed by atoms with Crippen LogP contribution >= 0.6 is 11.8 Å². The van der Waals surface area contributed by atoms with Crippen molar-refractivity contribution in [1.29, 1.82) is 0 Å². The van der Waals surface area contributed by atoms with Crippen molar-refractivity contribution < 1.29 is 5.11 Å². The molecule has 0 aromatic rings. The predicted octanol–water partition coefficient (Wildman–Crippen LogP) is 3.21. The van der Waals surface area contributed by atoms with Gasteiger partial charge in [0, 0.05) is 5.25 Å². The first kappa shape index (κ1) is 10.8. The molecule has 0 amide bonds. The van der Waals surface area contributed by atoms with Crippen LogP contribution in [0.25, 0.3) is 0 Å². The summed E-state index contributed by atoms with van der Waals surface area (Å²) in [6.45, 7) is 0. The Balaban J connectivity index is 1.67. The number of rotatable bonds is 3. The summed E-state index contributed by atoms with van der Waals surface area (Å²) < 4.78 is 0. The Hall–Kier alpha value is 0.310. The lowest BCUT2D eigenvalue weighted by Crippen LogP contribution is -2.27. The second-order valence-electron chi connectivity index (χ2n) is 4.87. The monoisotopic (exact) mass is 214 g/mol. The molecule has 0 saturated heterocycles. The lowest BCUT2D eigenvalue weighted by atomic mass is 9.97. The quantitative estimate of drug-likeness (QED) is 0.778. The van der Waals surface area contributed by atoms with E-state index in [1.54, 1.807) is 0 Å². The normalized spacial score (nSPS) is 34.9. The maximum absolute atomic E-state index is 9.82. The van der Waals surface area contributed by atoms with Gasteiger partial charge in [-0.2, -0.15) is 11.8 Å². The fourth-order valence-corrected chi connectivity index (χ4v) is 4.25. The summed E-state index contributed by atoms with van der Waals surface area (Å²) in [5.74, 6) is 2.27. The van der Waals surface area contributed by atoms with E-state index in [1.807, 2.05) is 0 Å². The third kappa shape index (κ3) is 2.90. The number of aliphatic hydroxyl groups excluding tert-OH is 1. The summed E-state index contributed by atoms with van der Waals surface area (Å²) in [5.41, 5.74) is 0. The van der Waals surface area contributed by atoms with Crippen LogP contribution in [0.4, 0.5) is 0 Å². The van der Waals surface area contributed by atoms with E-state index in [0.29, 0.717) is 5.25 Å². The highest BCUT2D eigenvalue weighted by atomic mass is 32.2. The van der Waals surface area contributed by atoms with Crippen LogP contribution in [0.5, 0.6) is 0 Å². The molecular weight excluding hydrogens is 192 g/mol. The minimum absolute atomic E-state index is 0.00449. The van der Waals surface area contributed by atoms with Gasteiger partial charge in [-0.15, -0.1) is 0 Å². The van der Waals surface area contributed by atoms with Gasteiger partial charge < -0.3 is 5.11 Å². The van der Waals surface area contributed by atoms with E-state index in [9.17, 15) is 5.11 Å². The molecule has 0 aromatic heterocycles. The Morgan fingerprint density at radius 1 is 0.929 bits per heavy atom. The van der Waals surface area contributed by atoms with E-state index < -0.39 is 0 Å². The van der Waals surface area contributed by atoms with E-state index in [-0.39, 0.29) is 6.10 Å². The third-order valence-corrected chi connectivity index (χ3v) is 5.33. The van der Waals surface area contributed by atoms with Crippen molar-refractivity contribution in [2.45, 2.75) is 62.7 Å². The van der Waals surface area contributed by atoms with Crippen LogP contribution in [-0.4, -0.2) is 22.2 Å². The fourth-order valence-electron chi connectivity index (χ4n) is 2.71. The van der Waals surface area contributed by atoms with Gasteiger partial charge in [-0.3, -0.25) is 0 Å². The highest BCUT2D eigenvalue weighted by molar-refractivity contribution is 7.99. The van der Waals surface area contributed by atoms with Crippen LogP contribution < -0.4 is 0 Å². The molecule has 2 fully saturated rings. The van der Waals surface area contributed by atoms with Crippen LogP contribution in [0, 0.1) is 5.92 Å². The van der Waals surface area contributed by atoms with E-state index in [2.05, 4.69) is 11.8 Å². The van der Waals surface area contributed by atoms with Crippen molar-refractivity contribution in [3.05, 3.63) is 0 Å². The molecule has 1 N–H and O–H groups in total. The Kier molecular flexibility index (Phi) is 4.18. The molecular formula is C12H22OS. The summed E-state index contributed by atoms with van der Waals surface area (Å²) in [7, 11) is 0. The molecule has 2 saturated carbocycles. The van der Waals surface area contributed by atoms with Gasteiger partial charge in [-0.1, -0.05) is 25.7 Å². The Labute approximate surface area is 91.7 Å². The molecule has 0 spiro atoms. The van der Waals surface area contributed by atoms with Crippen molar-refractivity contribution in [3.8, 4) is 0 Å². The van der Waals surface area contributed by atoms with Crippen molar-refractivity contribution >= 4 is 11.8 Å². The summed E-state index contributed by atoms with van der Waals surface area (Å²) in [6, 6.07) is 0. The molecule has 0 heterocycles. The second kappa shape index (κ2) is 5.41. The van der Waals surface area contributed by atoms with Gasteiger partial charge in [0.1, 0.15) is 0 Å². The zero-order chi connectivity index (χ0) is 9.80. The Morgan fingerprint density at radius 3 is 2.29 bits per heavy atom. The molecule has 0 aliphatic heterocycles. The average molecular weight is 214 g/mol. The maximum Gasteiger partial charge on any atom is 0.0658 e. The van der Waals surface area contributed by atoms with E-state index in [1.165, 1.54) is 50.7 Å². The van der Waals surface area contributed by atoms with Crippen molar-refractivity contribution in [3.63, 3.8) is 0 Å². The van der Waals surface area contributed by atoms with E-state index in [4.69, 9.17) is 0 Å². The lowest BCUT2D eigenvalue weighted by molar-refractivity contribution is 0.137. The number of thioether (sulfide) groups is 1. The summed E-state index contributed by atoms with van der Waals surface area (Å²) in [4.78, 5) is 0. The Bertz CT molecular complexity index is 166. The largest absolute Gasteiger partial charge is 0.392 e. The molecule has 2 aliphatic carbocycles. The number of aliphatic hydroxyl groups is 1.